The number of rotatable bonds is 6. The van der Waals surface area contributed by atoms with E-state index >= 15 is 0 Å². The first-order valence-corrected chi connectivity index (χ1v) is 8.52. The first kappa shape index (κ1) is 16.9. The van der Waals surface area contributed by atoms with Crippen LogP contribution in [0.3, 0.4) is 0 Å². The number of pyridine rings is 1. The molecular weight excluding hydrogens is 310 g/mol. The number of fused-ring (bicyclic) bond motifs is 1. The smallest absolute Gasteiger partial charge is 0.330 e. The number of ether oxygens (including phenoxy) is 1. The molecule has 3 rings (SSSR count). The summed E-state index contributed by atoms with van der Waals surface area (Å²) in [6.07, 6.45) is 7.00. The molecular formula is C22H21NO2. The van der Waals surface area contributed by atoms with Crippen molar-refractivity contribution in [2.24, 2.45) is 0 Å². The molecule has 0 amide bonds. The molecule has 1 aromatic heterocycles. The Bertz CT molecular complexity index is 899. The molecule has 0 spiro atoms. The van der Waals surface area contributed by atoms with Crippen LogP contribution in [0.1, 0.15) is 23.6 Å². The van der Waals surface area contributed by atoms with Crippen LogP contribution in [0.15, 0.2) is 66.9 Å². The van der Waals surface area contributed by atoms with Crippen molar-refractivity contribution in [1.82, 2.24) is 4.98 Å². The van der Waals surface area contributed by atoms with E-state index in [1.165, 1.54) is 22.6 Å². The first-order valence-electron chi connectivity index (χ1n) is 8.52. The van der Waals surface area contributed by atoms with Gasteiger partial charge < -0.3 is 4.74 Å². The van der Waals surface area contributed by atoms with Gasteiger partial charge in [0.05, 0.1) is 12.1 Å². The topological polar surface area (TPSA) is 39.2 Å². The fourth-order valence-electron chi connectivity index (χ4n) is 2.78. The van der Waals surface area contributed by atoms with Crippen LogP contribution in [0.25, 0.3) is 17.0 Å². The van der Waals surface area contributed by atoms with Gasteiger partial charge in [-0.2, -0.15) is 0 Å². The molecule has 0 bridgehead atoms. The molecule has 0 saturated heterocycles. The summed E-state index contributed by atoms with van der Waals surface area (Å²) in [4.78, 5) is 15.8. The Morgan fingerprint density at radius 3 is 2.72 bits per heavy atom. The molecule has 2 aromatic carbocycles. The van der Waals surface area contributed by atoms with Crippen LogP contribution < -0.4 is 0 Å². The molecule has 0 N–H and O–H groups in total. The Labute approximate surface area is 148 Å². The lowest BCUT2D eigenvalue weighted by Crippen LogP contribution is -1.98. The molecule has 0 saturated carbocycles. The zero-order valence-corrected chi connectivity index (χ0v) is 14.3. The predicted molar refractivity (Wildman–Crippen MR) is 101 cm³/mol. The van der Waals surface area contributed by atoms with Gasteiger partial charge in [0.25, 0.3) is 0 Å². The summed E-state index contributed by atoms with van der Waals surface area (Å²) in [5, 5.41) is 1.17. The van der Waals surface area contributed by atoms with Crippen molar-refractivity contribution >= 4 is 22.9 Å². The summed E-state index contributed by atoms with van der Waals surface area (Å²) >= 11 is 0. The SMILES string of the molecule is CCOC(=O)/C=C/c1cccc(CCc2ccc3ncccc3c2)c1. The third kappa shape index (κ3) is 4.77. The van der Waals surface area contributed by atoms with Gasteiger partial charge >= 0.3 is 5.97 Å². The highest BCUT2D eigenvalue weighted by Gasteiger charge is 2.00. The lowest BCUT2D eigenvalue weighted by molar-refractivity contribution is -0.137. The molecule has 0 aliphatic carbocycles. The minimum atomic E-state index is -0.308. The van der Waals surface area contributed by atoms with Crippen LogP contribution in [0.2, 0.25) is 0 Å². The Hall–Kier alpha value is -2.94. The predicted octanol–water partition coefficient (Wildman–Crippen LogP) is 4.60. The van der Waals surface area contributed by atoms with Crippen molar-refractivity contribution in [3.8, 4) is 0 Å². The van der Waals surface area contributed by atoms with Crippen molar-refractivity contribution in [3.05, 3.63) is 83.6 Å². The van der Waals surface area contributed by atoms with E-state index in [4.69, 9.17) is 4.74 Å². The van der Waals surface area contributed by atoms with E-state index in [-0.39, 0.29) is 5.97 Å². The second kappa shape index (κ2) is 8.25. The highest BCUT2D eigenvalue weighted by molar-refractivity contribution is 5.87. The third-order valence-corrected chi connectivity index (χ3v) is 4.02. The second-order valence-electron chi connectivity index (χ2n) is 5.86. The molecule has 0 atom stereocenters. The monoisotopic (exact) mass is 331 g/mol. The van der Waals surface area contributed by atoms with E-state index in [9.17, 15) is 4.79 Å². The molecule has 3 nitrogen and oxygen atoms in total. The average molecular weight is 331 g/mol. The number of esters is 1. The summed E-state index contributed by atoms with van der Waals surface area (Å²) in [7, 11) is 0. The standard InChI is InChI=1S/C22H21NO2/c1-2-25-22(24)13-11-18-6-3-5-17(15-18)8-9-19-10-12-21-20(16-19)7-4-14-23-21/h3-7,10-16H,2,8-9H2,1H3/b13-11+. The highest BCUT2D eigenvalue weighted by atomic mass is 16.5. The summed E-state index contributed by atoms with van der Waals surface area (Å²) in [5.41, 5.74) is 4.58. The van der Waals surface area contributed by atoms with Gasteiger partial charge in [-0.05, 0) is 60.7 Å². The number of aromatic nitrogens is 1. The zero-order valence-electron chi connectivity index (χ0n) is 14.3. The minimum Gasteiger partial charge on any atom is -0.463 e. The Morgan fingerprint density at radius 1 is 1.04 bits per heavy atom. The molecule has 0 unspecified atom stereocenters. The van der Waals surface area contributed by atoms with Gasteiger partial charge in [-0.15, -0.1) is 0 Å². The van der Waals surface area contributed by atoms with Gasteiger partial charge in [0.1, 0.15) is 0 Å². The summed E-state index contributed by atoms with van der Waals surface area (Å²) in [6.45, 7) is 2.19. The molecule has 1 heterocycles. The molecule has 0 aliphatic heterocycles. The van der Waals surface area contributed by atoms with E-state index in [1.54, 1.807) is 13.0 Å². The van der Waals surface area contributed by atoms with Crippen LogP contribution in [-0.2, 0) is 22.4 Å². The number of carbonyl (C=O) groups excluding carboxylic acids is 1. The number of benzene rings is 2. The summed E-state index contributed by atoms with van der Waals surface area (Å²) in [5.74, 6) is -0.308. The molecule has 0 radical (unpaired) electrons. The Balaban J connectivity index is 1.66. The van der Waals surface area contributed by atoms with Crippen molar-refractivity contribution < 1.29 is 9.53 Å². The van der Waals surface area contributed by atoms with Crippen molar-refractivity contribution in [2.75, 3.05) is 6.61 Å². The molecule has 25 heavy (non-hydrogen) atoms. The lowest BCUT2D eigenvalue weighted by atomic mass is 10.0. The van der Waals surface area contributed by atoms with E-state index < -0.39 is 0 Å². The number of carbonyl (C=O) groups is 1. The van der Waals surface area contributed by atoms with Crippen LogP contribution in [0.4, 0.5) is 0 Å². The number of nitrogens with zero attached hydrogens (tertiary/aromatic N) is 1. The van der Waals surface area contributed by atoms with Gasteiger partial charge in [-0.25, -0.2) is 4.79 Å². The van der Waals surface area contributed by atoms with Crippen molar-refractivity contribution in [3.63, 3.8) is 0 Å². The van der Waals surface area contributed by atoms with Crippen LogP contribution >= 0.6 is 0 Å². The normalized spacial score (nSPS) is 11.1. The molecule has 0 fully saturated rings. The van der Waals surface area contributed by atoms with E-state index in [0.29, 0.717) is 6.61 Å². The Morgan fingerprint density at radius 2 is 1.88 bits per heavy atom. The van der Waals surface area contributed by atoms with Gasteiger partial charge in [-0.3, -0.25) is 4.98 Å². The van der Waals surface area contributed by atoms with Gasteiger partial charge in [0.15, 0.2) is 0 Å². The highest BCUT2D eigenvalue weighted by Crippen LogP contribution is 2.16. The molecule has 3 heteroatoms. The lowest BCUT2D eigenvalue weighted by Gasteiger charge is -2.05. The maximum Gasteiger partial charge on any atom is 0.330 e. The quantitative estimate of drug-likeness (QED) is 0.489. The fourth-order valence-corrected chi connectivity index (χ4v) is 2.78. The second-order valence-corrected chi connectivity index (χ2v) is 5.86. The first-order chi connectivity index (χ1) is 12.2. The molecule has 126 valence electrons. The molecule has 3 aromatic rings. The molecule has 0 aliphatic rings. The van der Waals surface area contributed by atoms with Crippen LogP contribution in [0, 0.1) is 0 Å². The third-order valence-electron chi connectivity index (χ3n) is 4.02. The van der Waals surface area contributed by atoms with Gasteiger partial charge in [-0.1, -0.05) is 36.4 Å². The fraction of sp³-hybridized carbons (Fsp3) is 0.182. The number of aryl methyl sites for hydroxylation is 2. The minimum absolute atomic E-state index is 0.308. The van der Waals surface area contributed by atoms with Crippen molar-refractivity contribution in [2.45, 2.75) is 19.8 Å². The number of hydrogen-bond donors (Lipinski definition) is 0. The van der Waals surface area contributed by atoms with Crippen LogP contribution in [-0.4, -0.2) is 17.6 Å². The van der Waals surface area contributed by atoms with Crippen molar-refractivity contribution in [1.29, 1.82) is 0 Å². The Kier molecular flexibility index (Phi) is 5.57. The average Bonchev–Trinajstić information content (AvgIpc) is 2.65. The van der Waals surface area contributed by atoms with E-state index in [0.717, 1.165) is 23.9 Å². The zero-order chi connectivity index (χ0) is 17.5. The largest absolute Gasteiger partial charge is 0.463 e. The van der Waals surface area contributed by atoms with Crippen LogP contribution in [0.5, 0.6) is 0 Å². The summed E-state index contributed by atoms with van der Waals surface area (Å²) < 4.78 is 4.90. The maximum absolute atomic E-state index is 11.4. The summed E-state index contributed by atoms with van der Waals surface area (Å²) in [6, 6.07) is 18.7. The van der Waals surface area contributed by atoms with E-state index in [1.807, 2.05) is 24.4 Å². The van der Waals surface area contributed by atoms with E-state index in [2.05, 4.69) is 41.4 Å². The maximum atomic E-state index is 11.4. The number of hydrogen-bond acceptors (Lipinski definition) is 3. The van der Waals surface area contributed by atoms with Gasteiger partial charge in [0, 0.05) is 17.7 Å². The van der Waals surface area contributed by atoms with Gasteiger partial charge in [0.2, 0.25) is 0 Å².